The number of nitrogens with zero attached hydrogens (tertiary/aromatic N) is 2. The van der Waals surface area contributed by atoms with Crippen LogP contribution in [0.15, 0.2) is 45.2 Å². The van der Waals surface area contributed by atoms with E-state index in [0.29, 0.717) is 22.5 Å². The first-order valence-electron chi connectivity index (χ1n) is 6.66. The maximum Gasteiger partial charge on any atom is 0.269 e. The van der Waals surface area contributed by atoms with Gasteiger partial charge < -0.3 is 4.98 Å². The molecule has 0 fully saturated rings. The molecule has 0 spiro atoms. The van der Waals surface area contributed by atoms with Gasteiger partial charge in [-0.15, -0.1) is 23.4 Å². The van der Waals surface area contributed by atoms with E-state index in [1.165, 1.54) is 30.0 Å². The van der Waals surface area contributed by atoms with Crippen LogP contribution < -0.4 is 5.56 Å². The van der Waals surface area contributed by atoms with Gasteiger partial charge in [-0.25, -0.2) is 4.98 Å². The lowest BCUT2D eigenvalue weighted by atomic mass is 10.3. The molecule has 1 atom stereocenters. The van der Waals surface area contributed by atoms with Crippen LogP contribution in [0, 0.1) is 17.0 Å². The second kappa shape index (κ2) is 8.37. The zero-order valence-electron chi connectivity index (χ0n) is 12.2. The first-order chi connectivity index (χ1) is 11.0. The van der Waals surface area contributed by atoms with E-state index < -0.39 is 4.92 Å². The van der Waals surface area contributed by atoms with E-state index in [9.17, 15) is 14.9 Å². The monoisotopic (exact) mass is 371 g/mol. The smallest absolute Gasteiger partial charge is 0.269 e. The Hall–Kier alpha value is -1.51. The van der Waals surface area contributed by atoms with Crippen molar-refractivity contribution in [1.82, 2.24) is 9.97 Å². The van der Waals surface area contributed by atoms with Gasteiger partial charge in [0, 0.05) is 45.7 Å². The molecule has 0 radical (unpaired) electrons. The molecule has 0 amide bonds. The molecule has 122 valence electrons. The number of nitro groups is 1. The number of aryl methyl sites for hydroxylation is 1. The predicted molar refractivity (Wildman–Crippen MR) is 93.8 cm³/mol. The van der Waals surface area contributed by atoms with Gasteiger partial charge in [0.15, 0.2) is 5.16 Å². The third kappa shape index (κ3) is 5.56. The molecular formula is C14H14ClN3O3S2. The number of hydrogen-bond acceptors (Lipinski definition) is 6. The summed E-state index contributed by atoms with van der Waals surface area (Å²) in [4.78, 5) is 29.5. The van der Waals surface area contributed by atoms with Crippen LogP contribution in [0.3, 0.4) is 0 Å². The molecule has 23 heavy (non-hydrogen) atoms. The Morgan fingerprint density at radius 1 is 1.39 bits per heavy atom. The molecule has 0 aliphatic rings. The summed E-state index contributed by atoms with van der Waals surface area (Å²) in [6.45, 7) is 1.77. The van der Waals surface area contributed by atoms with Crippen molar-refractivity contribution in [3.8, 4) is 0 Å². The minimum Gasteiger partial charge on any atom is -0.301 e. The quantitative estimate of drug-likeness (QED) is 0.263. The number of benzene rings is 1. The summed E-state index contributed by atoms with van der Waals surface area (Å²) < 4.78 is 0. The average molecular weight is 372 g/mol. The van der Waals surface area contributed by atoms with Crippen molar-refractivity contribution in [3.05, 3.63) is 56.5 Å². The van der Waals surface area contributed by atoms with Crippen LogP contribution in [-0.2, 0) is 0 Å². The lowest BCUT2D eigenvalue weighted by Crippen LogP contribution is -2.12. The molecule has 2 rings (SSSR count). The second-order valence-electron chi connectivity index (χ2n) is 4.65. The van der Waals surface area contributed by atoms with E-state index >= 15 is 0 Å². The fraction of sp³-hybridized carbons (Fsp3) is 0.286. The van der Waals surface area contributed by atoms with E-state index in [0.717, 1.165) is 4.90 Å². The highest BCUT2D eigenvalue weighted by Gasteiger charge is 2.13. The average Bonchev–Trinajstić information content (AvgIpc) is 2.51. The van der Waals surface area contributed by atoms with E-state index in [2.05, 4.69) is 9.97 Å². The lowest BCUT2D eigenvalue weighted by molar-refractivity contribution is -0.384. The van der Waals surface area contributed by atoms with Crippen LogP contribution >= 0.6 is 35.1 Å². The van der Waals surface area contributed by atoms with Gasteiger partial charge in [0.05, 0.1) is 4.92 Å². The minimum atomic E-state index is -0.427. The summed E-state index contributed by atoms with van der Waals surface area (Å²) in [6.07, 6.45) is 0. The first-order valence-corrected chi connectivity index (χ1v) is 9.05. The molecule has 0 saturated heterocycles. The van der Waals surface area contributed by atoms with E-state index in [-0.39, 0.29) is 16.5 Å². The Morgan fingerprint density at radius 2 is 2.09 bits per heavy atom. The molecule has 6 nitrogen and oxygen atoms in total. The van der Waals surface area contributed by atoms with Gasteiger partial charge in [-0.05, 0) is 19.1 Å². The molecule has 1 aromatic carbocycles. The molecule has 1 heterocycles. The molecule has 0 bridgehead atoms. The number of aromatic amines is 1. The van der Waals surface area contributed by atoms with Crippen molar-refractivity contribution < 1.29 is 4.92 Å². The van der Waals surface area contributed by atoms with E-state index in [1.54, 1.807) is 30.8 Å². The zero-order chi connectivity index (χ0) is 16.8. The Bertz CT molecular complexity index is 737. The predicted octanol–water partition coefficient (Wildman–Crippen LogP) is 3.48. The number of hydrogen-bond donors (Lipinski definition) is 1. The van der Waals surface area contributed by atoms with Crippen molar-refractivity contribution in [3.63, 3.8) is 0 Å². The van der Waals surface area contributed by atoms with Gasteiger partial charge in [0.1, 0.15) is 0 Å². The van der Waals surface area contributed by atoms with Crippen LogP contribution in [0.1, 0.15) is 5.69 Å². The molecule has 0 unspecified atom stereocenters. The van der Waals surface area contributed by atoms with Gasteiger partial charge in [0.25, 0.3) is 11.2 Å². The SMILES string of the molecule is Cc1cc(=O)[nH]c(SC[C@@H](CCl)Sc2ccc([N+](=O)[O-])cc2)n1. The number of aromatic nitrogens is 2. The fourth-order valence-electron chi connectivity index (χ4n) is 1.74. The number of halogens is 1. The summed E-state index contributed by atoms with van der Waals surface area (Å²) in [5.41, 5.74) is 0.555. The van der Waals surface area contributed by atoms with Gasteiger partial charge in [0.2, 0.25) is 0 Å². The first kappa shape index (κ1) is 17.8. The highest BCUT2D eigenvalue weighted by molar-refractivity contribution is 8.03. The number of thioether (sulfide) groups is 2. The maximum absolute atomic E-state index is 11.4. The molecule has 0 aliphatic heterocycles. The summed E-state index contributed by atoms with van der Waals surface area (Å²) in [5, 5.41) is 11.3. The number of nitro benzene ring substituents is 1. The summed E-state index contributed by atoms with van der Waals surface area (Å²) in [5.74, 6) is 1.09. The number of non-ortho nitro benzene ring substituents is 1. The summed E-state index contributed by atoms with van der Waals surface area (Å²) in [7, 11) is 0. The van der Waals surface area contributed by atoms with Crippen LogP contribution in [0.25, 0.3) is 0 Å². The molecule has 0 saturated carbocycles. The molecular weight excluding hydrogens is 358 g/mol. The third-order valence-electron chi connectivity index (χ3n) is 2.78. The molecule has 9 heteroatoms. The minimum absolute atomic E-state index is 0.0627. The number of alkyl halides is 1. The standard InChI is InChI=1S/C14H14ClN3O3S2/c1-9-6-13(19)17-14(16-9)22-8-12(7-15)23-11-4-2-10(3-5-11)18(20)21/h2-6,12H,7-8H2,1H3,(H,16,17,19)/t12-/m1/s1. The molecule has 1 aromatic heterocycles. The second-order valence-corrected chi connectivity index (χ2v) is 7.34. The maximum atomic E-state index is 11.4. The largest absolute Gasteiger partial charge is 0.301 e. The Morgan fingerprint density at radius 3 is 2.65 bits per heavy atom. The Kier molecular flexibility index (Phi) is 6.49. The number of rotatable bonds is 7. The Balaban J connectivity index is 1.97. The van der Waals surface area contributed by atoms with E-state index in [4.69, 9.17) is 11.6 Å². The van der Waals surface area contributed by atoms with Crippen LogP contribution in [0.5, 0.6) is 0 Å². The highest BCUT2D eigenvalue weighted by atomic mass is 35.5. The van der Waals surface area contributed by atoms with Crippen LogP contribution in [0.2, 0.25) is 0 Å². The van der Waals surface area contributed by atoms with Crippen molar-refractivity contribution in [1.29, 1.82) is 0 Å². The van der Waals surface area contributed by atoms with Crippen molar-refractivity contribution in [2.45, 2.75) is 22.2 Å². The van der Waals surface area contributed by atoms with Crippen molar-refractivity contribution in [2.75, 3.05) is 11.6 Å². The van der Waals surface area contributed by atoms with Crippen molar-refractivity contribution >= 4 is 40.8 Å². The van der Waals surface area contributed by atoms with Gasteiger partial charge in [-0.2, -0.15) is 0 Å². The highest BCUT2D eigenvalue weighted by Crippen LogP contribution is 2.29. The van der Waals surface area contributed by atoms with Gasteiger partial charge >= 0.3 is 0 Å². The normalized spacial score (nSPS) is 12.1. The number of nitrogens with one attached hydrogen (secondary N) is 1. The zero-order valence-corrected chi connectivity index (χ0v) is 14.6. The van der Waals surface area contributed by atoms with Crippen LogP contribution in [-0.4, -0.2) is 31.8 Å². The Labute approximate surface area is 146 Å². The molecule has 0 aliphatic carbocycles. The molecule has 2 aromatic rings. The van der Waals surface area contributed by atoms with Crippen LogP contribution in [0.4, 0.5) is 5.69 Å². The number of H-pyrrole nitrogens is 1. The van der Waals surface area contributed by atoms with E-state index in [1.807, 2.05) is 0 Å². The van der Waals surface area contributed by atoms with Gasteiger partial charge in [-0.3, -0.25) is 14.9 Å². The summed E-state index contributed by atoms with van der Waals surface area (Å²) in [6, 6.07) is 7.80. The molecule has 1 N–H and O–H groups in total. The topological polar surface area (TPSA) is 88.9 Å². The van der Waals surface area contributed by atoms with Gasteiger partial charge in [-0.1, -0.05) is 11.8 Å². The van der Waals surface area contributed by atoms with Crippen molar-refractivity contribution in [2.24, 2.45) is 0 Å². The third-order valence-corrected chi connectivity index (χ3v) is 5.79. The summed E-state index contributed by atoms with van der Waals surface area (Å²) >= 11 is 8.96. The lowest BCUT2D eigenvalue weighted by Gasteiger charge is -2.12. The fourth-order valence-corrected chi connectivity index (χ4v) is 4.23.